The lowest BCUT2D eigenvalue weighted by Crippen LogP contribution is -2.46. The third-order valence-electron chi connectivity index (χ3n) is 4.50. The molecule has 0 N–H and O–H groups in total. The normalized spacial score (nSPS) is 15.4. The molecule has 1 aliphatic rings. The van der Waals surface area contributed by atoms with Crippen molar-refractivity contribution in [2.75, 3.05) is 31.1 Å². The molecule has 0 aliphatic carbocycles. The second kappa shape index (κ2) is 7.43. The standard InChI is InChI=1S/C19H18ClFN4O/c20-15-6-2-1-5-14(15)19-23-22-18(26-19)13-24-9-11-25(12-10-24)17-8-4-3-7-16(17)21/h1-8H,9-13H2. The Kier molecular flexibility index (Phi) is 4.86. The molecule has 3 aromatic rings. The van der Waals surface area contributed by atoms with E-state index in [2.05, 4.69) is 20.0 Å². The summed E-state index contributed by atoms with van der Waals surface area (Å²) in [4.78, 5) is 4.29. The average Bonchev–Trinajstić information content (AvgIpc) is 3.11. The monoisotopic (exact) mass is 372 g/mol. The van der Waals surface area contributed by atoms with Crippen LogP contribution >= 0.6 is 11.6 Å². The molecule has 134 valence electrons. The Labute approximate surface area is 156 Å². The van der Waals surface area contributed by atoms with E-state index >= 15 is 0 Å². The van der Waals surface area contributed by atoms with Gasteiger partial charge < -0.3 is 9.32 Å². The maximum absolute atomic E-state index is 13.9. The molecular formula is C19H18ClFN4O. The van der Waals surface area contributed by atoms with Crippen molar-refractivity contribution < 1.29 is 8.81 Å². The van der Waals surface area contributed by atoms with Crippen molar-refractivity contribution in [3.05, 3.63) is 65.3 Å². The number of aromatic nitrogens is 2. The first-order chi connectivity index (χ1) is 12.7. The zero-order valence-electron chi connectivity index (χ0n) is 14.1. The zero-order valence-corrected chi connectivity index (χ0v) is 14.9. The lowest BCUT2D eigenvalue weighted by molar-refractivity contribution is 0.226. The first-order valence-electron chi connectivity index (χ1n) is 8.50. The van der Waals surface area contributed by atoms with Gasteiger partial charge in [0.25, 0.3) is 0 Å². The van der Waals surface area contributed by atoms with Crippen LogP contribution in [0.3, 0.4) is 0 Å². The molecule has 1 aliphatic heterocycles. The summed E-state index contributed by atoms with van der Waals surface area (Å²) in [5, 5.41) is 8.81. The highest BCUT2D eigenvalue weighted by molar-refractivity contribution is 6.33. The number of halogens is 2. The lowest BCUT2D eigenvalue weighted by Gasteiger charge is -2.35. The fraction of sp³-hybridized carbons (Fsp3) is 0.263. The van der Waals surface area contributed by atoms with Gasteiger partial charge in [-0.25, -0.2) is 4.39 Å². The number of nitrogens with zero attached hydrogens (tertiary/aromatic N) is 4. The minimum Gasteiger partial charge on any atom is -0.419 e. The van der Waals surface area contributed by atoms with Gasteiger partial charge in [0.1, 0.15) is 5.82 Å². The lowest BCUT2D eigenvalue weighted by atomic mass is 10.2. The van der Waals surface area contributed by atoms with Gasteiger partial charge in [0.15, 0.2) is 0 Å². The van der Waals surface area contributed by atoms with Crippen LogP contribution in [0.25, 0.3) is 11.5 Å². The molecule has 1 fully saturated rings. The molecular weight excluding hydrogens is 355 g/mol. The second-order valence-electron chi connectivity index (χ2n) is 6.20. The highest BCUT2D eigenvalue weighted by Crippen LogP contribution is 2.26. The SMILES string of the molecule is Fc1ccccc1N1CCN(Cc2nnc(-c3ccccc3Cl)o2)CC1. The third kappa shape index (κ3) is 3.57. The molecule has 0 saturated carbocycles. The van der Waals surface area contributed by atoms with Crippen molar-refractivity contribution >= 4 is 17.3 Å². The number of para-hydroxylation sites is 1. The van der Waals surface area contributed by atoms with Gasteiger partial charge in [-0.1, -0.05) is 35.9 Å². The molecule has 0 radical (unpaired) electrons. The first kappa shape index (κ1) is 17.0. The van der Waals surface area contributed by atoms with Crippen LogP contribution in [0, 0.1) is 5.82 Å². The molecule has 0 unspecified atom stereocenters. The molecule has 0 spiro atoms. The molecule has 1 aromatic heterocycles. The predicted molar refractivity (Wildman–Crippen MR) is 98.6 cm³/mol. The number of hydrogen-bond acceptors (Lipinski definition) is 5. The number of benzene rings is 2. The summed E-state index contributed by atoms with van der Waals surface area (Å²) in [7, 11) is 0. The minimum atomic E-state index is -0.178. The average molecular weight is 373 g/mol. The number of anilines is 1. The van der Waals surface area contributed by atoms with Crippen molar-refractivity contribution in [3.8, 4) is 11.5 Å². The quantitative estimate of drug-likeness (QED) is 0.696. The Hall–Kier alpha value is -2.44. The minimum absolute atomic E-state index is 0.178. The Morgan fingerprint density at radius 3 is 2.46 bits per heavy atom. The maximum Gasteiger partial charge on any atom is 0.249 e. The van der Waals surface area contributed by atoms with Crippen LogP contribution in [0.15, 0.2) is 52.9 Å². The maximum atomic E-state index is 13.9. The summed E-state index contributed by atoms with van der Waals surface area (Å²) in [6, 6.07) is 14.3. The molecule has 2 aromatic carbocycles. The third-order valence-corrected chi connectivity index (χ3v) is 4.82. The fourth-order valence-corrected chi connectivity index (χ4v) is 3.32. The van der Waals surface area contributed by atoms with Crippen LogP contribution in [0.1, 0.15) is 5.89 Å². The molecule has 0 amide bonds. The van der Waals surface area contributed by atoms with Crippen LogP contribution in [0.5, 0.6) is 0 Å². The van der Waals surface area contributed by atoms with Crippen LogP contribution in [-0.2, 0) is 6.54 Å². The van der Waals surface area contributed by atoms with Gasteiger partial charge in [0.05, 0.1) is 22.8 Å². The fourth-order valence-electron chi connectivity index (χ4n) is 3.11. The molecule has 5 nitrogen and oxygen atoms in total. The Morgan fingerprint density at radius 2 is 1.69 bits per heavy atom. The van der Waals surface area contributed by atoms with Gasteiger partial charge in [0, 0.05) is 26.2 Å². The number of piperazine rings is 1. The van der Waals surface area contributed by atoms with E-state index < -0.39 is 0 Å². The first-order valence-corrected chi connectivity index (χ1v) is 8.87. The van der Waals surface area contributed by atoms with Gasteiger partial charge in [-0.05, 0) is 24.3 Å². The van der Waals surface area contributed by atoms with Gasteiger partial charge in [-0.3, -0.25) is 4.90 Å². The summed E-state index contributed by atoms with van der Waals surface area (Å²) in [5.41, 5.74) is 1.39. The van der Waals surface area contributed by atoms with Crippen molar-refractivity contribution in [2.24, 2.45) is 0 Å². The molecule has 0 bridgehead atoms. The van der Waals surface area contributed by atoms with E-state index in [1.165, 1.54) is 6.07 Å². The highest BCUT2D eigenvalue weighted by atomic mass is 35.5. The molecule has 0 atom stereocenters. The van der Waals surface area contributed by atoms with Crippen LogP contribution < -0.4 is 4.90 Å². The molecule has 1 saturated heterocycles. The summed E-state index contributed by atoms with van der Waals surface area (Å²) in [6.07, 6.45) is 0. The van der Waals surface area contributed by atoms with E-state index in [9.17, 15) is 4.39 Å². The van der Waals surface area contributed by atoms with E-state index in [-0.39, 0.29) is 5.82 Å². The van der Waals surface area contributed by atoms with Crippen LogP contribution in [0.4, 0.5) is 10.1 Å². The molecule has 4 rings (SSSR count). The number of hydrogen-bond donors (Lipinski definition) is 0. The zero-order chi connectivity index (χ0) is 17.9. The van der Waals surface area contributed by atoms with Crippen LogP contribution in [0.2, 0.25) is 5.02 Å². The van der Waals surface area contributed by atoms with Gasteiger partial charge in [-0.15, -0.1) is 10.2 Å². The van der Waals surface area contributed by atoms with Gasteiger partial charge in [-0.2, -0.15) is 0 Å². The molecule has 7 heteroatoms. The number of rotatable bonds is 4. The highest BCUT2D eigenvalue weighted by Gasteiger charge is 2.21. The smallest absolute Gasteiger partial charge is 0.249 e. The summed E-state index contributed by atoms with van der Waals surface area (Å²) < 4.78 is 19.7. The van der Waals surface area contributed by atoms with Gasteiger partial charge in [0.2, 0.25) is 11.8 Å². The largest absolute Gasteiger partial charge is 0.419 e. The van der Waals surface area contributed by atoms with Gasteiger partial charge >= 0.3 is 0 Å². The Balaban J connectivity index is 1.38. The van der Waals surface area contributed by atoms with E-state index in [0.717, 1.165) is 31.7 Å². The topological polar surface area (TPSA) is 45.4 Å². The van der Waals surface area contributed by atoms with E-state index in [4.69, 9.17) is 16.0 Å². The van der Waals surface area contributed by atoms with E-state index in [0.29, 0.717) is 29.0 Å². The molecule has 2 heterocycles. The van der Waals surface area contributed by atoms with E-state index in [1.807, 2.05) is 30.3 Å². The van der Waals surface area contributed by atoms with Crippen molar-refractivity contribution in [3.63, 3.8) is 0 Å². The Morgan fingerprint density at radius 1 is 0.962 bits per heavy atom. The summed E-state index contributed by atoms with van der Waals surface area (Å²) in [6.45, 7) is 3.69. The van der Waals surface area contributed by atoms with E-state index in [1.54, 1.807) is 12.1 Å². The molecule has 26 heavy (non-hydrogen) atoms. The summed E-state index contributed by atoms with van der Waals surface area (Å²) in [5.74, 6) is 0.803. The second-order valence-corrected chi connectivity index (χ2v) is 6.60. The predicted octanol–water partition coefficient (Wildman–Crippen LogP) is 3.85. The summed E-state index contributed by atoms with van der Waals surface area (Å²) >= 11 is 6.17. The van der Waals surface area contributed by atoms with Crippen molar-refractivity contribution in [1.82, 2.24) is 15.1 Å². The van der Waals surface area contributed by atoms with Crippen molar-refractivity contribution in [1.29, 1.82) is 0 Å². The van der Waals surface area contributed by atoms with Crippen LogP contribution in [-0.4, -0.2) is 41.3 Å². The Bertz CT molecular complexity index is 893. The van der Waals surface area contributed by atoms with Crippen molar-refractivity contribution in [2.45, 2.75) is 6.54 Å².